The number of rotatable bonds is 11. The third kappa shape index (κ3) is 9.14. The molecule has 3 aliphatic heterocycles. The molecule has 5 aromatic rings. The lowest BCUT2D eigenvalue weighted by Gasteiger charge is -2.46. The van der Waals surface area contributed by atoms with E-state index in [0.717, 1.165) is 91.8 Å². The first-order chi connectivity index (χ1) is 32.2. The van der Waals surface area contributed by atoms with Crippen LogP contribution in [0, 0.1) is 22.6 Å². The van der Waals surface area contributed by atoms with Crippen LogP contribution in [0.25, 0.3) is 21.8 Å². The Bertz CT molecular complexity index is 2980. The summed E-state index contributed by atoms with van der Waals surface area (Å²) in [5, 5.41) is 18.3. The molecule has 2 N–H and O–H groups in total. The SMILES string of the molecule is CCN(C)S(=O)(=O)Nc1ccc(F)c(Oc2ccc3ncn(C4CCC5(CC4)CCN(C(=O)CN4CCC(c6ccc7c(C8CCC(=O)NC8=O)nn(C)c7c6)CC4)CC5)c(=O)c3c2)c1C#N. The lowest BCUT2D eigenvalue weighted by molar-refractivity contribution is -0.136. The third-order valence-electron chi connectivity index (χ3n) is 14.8. The highest BCUT2D eigenvalue weighted by molar-refractivity contribution is 7.90. The van der Waals surface area contributed by atoms with Gasteiger partial charge in [-0.3, -0.25) is 43.4 Å². The van der Waals surface area contributed by atoms with E-state index in [-0.39, 0.29) is 63.7 Å². The summed E-state index contributed by atoms with van der Waals surface area (Å²) in [4.78, 5) is 60.8. The van der Waals surface area contributed by atoms with E-state index in [9.17, 15) is 32.9 Å². The molecule has 3 saturated heterocycles. The highest BCUT2D eigenvalue weighted by Gasteiger charge is 2.40. The fraction of sp³-hybridized carbons (Fsp3) is 0.479. The van der Waals surface area contributed by atoms with Gasteiger partial charge in [0.15, 0.2) is 11.6 Å². The van der Waals surface area contributed by atoms with Gasteiger partial charge in [-0.1, -0.05) is 19.1 Å². The summed E-state index contributed by atoms with van der Waals surface area (Å²) in [5.74, 6) is -1.71. The molecule has 1 saturated carbocycles. The number of piperidine rings is 3. The van der Waals surface area contributed by atoms with Crippen molar-refractivity contribution < 1.29 is 31.9 Å². The number of halogens is 1. The van der Waals surface area contributed by atoms with Crippen molar-refractivity contribution in [2.24, 2.45) is 12.5 Å². The molecule has 0 bridgehead atoms. The maximum absolute atomic E-state index is 15.1. The van der Waals surface area contributed by atoms with Gasteiger partial charge in [0.05, 0.1) is 46.6 Å². The van der Waals surface area contributed by atoms with Crippen LogP contribution in [0.1, 0.15) is 106 Å². The second kappa shape index (κ2) is 18.5. The number of imide groups is 1. The monoisotopic (exact) mass is 934 g/mol. The second-order valence-electron chi connectivity index (χ2n) is 18.6. The second-order valence-corrected chi connectivity index (χ2v) is 20.4. The number of ether oxygens (including phenoxy) is 1. The molecule has 3 aromatic carbocycles. The number of hydrogen-bond acceptors (Lipinski definition) is 11. The largest absolute Gasteiger partial charge is 0.453 e. The average Bonchev–Trinajstić information content (AvgIpc) is 3.65. The lowest BCUT2D eigenvalue weighted by atomic mass is 9.67. The number of aryl methyl sites for hydroxylation is 1. The van der Waals surface area contributed by atoms with Crippen LogP contribution in [0.3, 0.4) is 0 Å². The fourth-order valence-corrected chi connectivity index (χ4v) is 11.4. The molecule has 67 heavy (non-hydrogen) atoms. The first kappa shape index (κ1) is 45.9. The van der Waals surface area contributed by atoms with E-state index in [0.29, 0.717) is 49.6 Å². The zero-order chi connectivity index (χ0) is 47.2. The molecular formula is C48H55FN10O7S. The van der Waals surface area contributed by atoms with E-state index >= 15 is 4.39 Å². The van der Waals surface area contributed by atoms with E-state index in [1.54, 1.807) is 23.9 Å². The van der Waals surface area contributed by atoms with Crippen molar-refractivity contribution in [3.05, 3.63) is 87.9 Å². The van der Waals surface area contributed by atoms with Crippen molar-refractivity contribution >= 4 is 55.4 Å². The van der Waals surface area contributed by atoms with Crippen LogP contribution < -0.4 is 20.3 Å². The maximum atomic E-state index is 15.1. The van der Waals surface area contributed by atoms with Gasteiger partial charge in [-0.2, -0.15) is 23.1 Å². The number of hydrogen-bond donors (Lipinski definition) is 2. The van der Waals surface area contributed by atoms with Crippen molar-refractivity contribution in [3.8, 4) is 17.6 Å². The Morgan fingerprint density at radius 2 is 1.73 bits per heavy atom. The molecule has 3 amide bonds. The van der Waals surface area contributed by atoms with Gasteiger partial charge in [-0.25, -0.2) is 9.37 Å². The summed E-state index contributed by atoms with van der Waals surface area (Å²) in [7, 11) is -0.755. The molecule has 1 spiro atoms. The van der Waals surface area contributed by atoms with Crippen molar-refractivity contribution in [2.75, 3.05) is 51.0 Å². The number of aromatic nitrogens is 4. The quantitative estimate of drug-likeness (QED) is 0.151. The first-order valence-electron chi connectivity index (χ1n) is 23.1. The van der Waals surface area contributed by atoms with E-state index in [2.05, 4.69) is 38.1 Å². The van der Waals surface area contributed by atoms with Crippen molar-refractivity contribution in [1.29, 1.82) is 5.26 Å². The molecular weight excluding hydrogens is 880 g/mol. The van der Waals surface area contributed by atoms with Crippen molar-refractivity contribution in [3.63, 3.8) is 0 Å². The minimum atomic E-state index is -4.01. The standard InChI is InChI=1S/C48H55FN10O7S/c1-4-55(2)67(64,65)54-40-11-9-38(49)45(37(40)27-50)66-33-6-10-39-36(26-33)47(63)59(29-51-39)32-13-17-48(18-14-32)19-23-58(24-20-48)43(61)28-57-21-15-30(16-22-57)31-5-7-34-41(25-31)56(3)53-44(34)35-8-12-42(60)52-46(35)62/h5-7,9-11,25-26,29-30,32,35,54H,4,8,12-24,28H2,1-3H3,(H,52,60,62). The predicted molar refractivity (Wildman–Crippen MR) is 248 cm³/mol. The number of nitrogens with one attached hydrogen (secondary N) is 2. The molecule has 1 atom stereocenters. The summed E-state index contributed by atoms with van der Waals surface area (Å²) in [6.07, 6.45) is 9.47. The van der Waals surface area contributed by atoms with E-state index in [1.165, 1.54) is 24.7 Å². The first-order valence-corrected chi connectivity index (χ1v) is 24.6. The van der Waals surface area contributed by atoms with Gasteiger partial charge < -0.3 is 9.64 Å². The van der Waals surface area contributed by atoms with Gasteiger partial charge >= 0.3 is 10.2 Å². The predicted octanol–water partition coefficient (Wildman–Crippen LogP) is 5.82. The minimum absolute atomic E-state index is 0.0721. The van der Waals surface area contributed by atoms with Crippen LogP contribution in [-0.4, -0.2) is 106 Å². The number of carbonyl (C=O) groups excluding carboxylic acids is 3. The lowest BCUT2D eigenvalue weighted by Crippen LogP contribution is -2.48. The molecule has 1 unspecified atom stereocenters. The van der Waals surface area contributed by atoms with Gasteiger partial charge in [0, 0.05) is 51.6 Å². The Balaban J connectivity index is 0.775. The Hall–Kier alpha value is -6.23. The Labute approximate surface area is 388 Å². The molecule has 4 aliphatic rings. The zero-order valence-electron chi connectivity index (χ0n) is 38.0. The van der Waals surface area contributed by atoms with Gasteiger partial charge in [0.2, 0.25) is 17.7 Å². The Kier molecular flexibility index (Phi) is 12.6. The number of fused-ring (bicyclic) bond motifs is 2. The maximum Gasteiger partial charge on any atom is 0.301 e. The normalized spacial score (nSPS) is 19.8. The molecule has 9 rings (SSSR count). The van der Waals surface area contributed by atoms with E-state index in [1.807, 2.05) is 22.7 Å². The number of likely N-dealkylation sites (tertiary alicyclic amines) is 2. The summed E-state index contributed by atoms with van der Waals surface area (Å²) < 4.78 is 53.2. The number of nitriles is 1. The number of carbonyl (C=O) groups is 3. The summed E-state index contributed by atoms with van der Waals surface area (Å²) in [6.45, 7) is 5.31. The van der Waals surface area contributed by atoms with Gasteiger partial charge in [-0.05, 0) is 124 Å². The van der Waals surface area contributed by atoms with Crippen LogP contribution >= 0.6 is 0 Å². The van der Waals surface area contributed by atoms with Gasteiger partial charge in [-0.15, -0.1) is 0 Å². The van der Waals surface area contributed by atoms with Crippen LogP contribution in [0.15, 0.2) is 59.7 Å². The van der Waals surface area contributed by atoms with Crippen LogP contribution in [0.2, 0.25) is 0 Å². The summed E-state index contributed by atoms with van der Waals surface area (Å²) >= 11 is 0. The number of nitrogens with zero attached hydrogens (tertiary/aromatic N) is 8. The number of benzene rings is 3. The van der Waals surface area contributed by atoms with Crippen LogP contribution in [0.5, 0.6) is 11.5 Å². The number of anilines is 1. The number of amides is 3. The van der Waals surface area contributed by atoms with E-state index < -0.39 is 27.7 Å². The molecule has 17 nitrogen and oxygen atoms in total. The summed E-state index contributed by atoms with van der Waals surface area (Å²) in [6, 6.07) is 14.9. The molecule has 19 heteroatoms. The molecule has 4 fully saturated rings. The molecule has 352 valence electrons. The minimum Gasteiger partial charge on any atom is -0.453 e. The smallest absolute Gasteiger partial charge is 0.301 e. The average molecular weight is 935 g/mol. The third-order valence-corrected chi connectivity index (χ3v) is 16.3. The molecule has 1 aliphatic carbocycles. The topological polar surface area (TPSA) is 205 Å². The highest BCUT2D eigenvalue weighted by Crippen LogP contribution is 2.47. The van der Waals surface area contributed by atoms with Gasteiger partial charge in [0.1, 0.15) is 17.4 Å². The summed E-state index contributed by atoms with van der Waals surface area (Å²) in [5.41, 5.74) is 2.69. The van der Waals surface area contributed by atoms with E-state index in [4.69, 9.17) is 9.84 Å². The van der Waals surface area contributed by atoms with Crippen molar-refractivity contribution in [1.82, 2.24) is 38.8 Å². The Morgan fingerprint density at radius 3 is 2.43 bits per heavy atom. The van der Waals surface area contributed by atoms with Crippen LogP contribution in [0.4, 0.5) is 10.1 Å². The fourth-order valence-electron chi connectivity index (χ4n) is 10.5. The van der Waals surface area contributed by atoms with Crippen molar-refractivity contribution in [2.45, 2.75) is 89.0 Å². The molecule has 0 radical (unpaired) electrons. The van der Waals surface area contributed by atoms with Gasteiger partial charge in [0.25, 0.3) is 5.56 Å². The van der Waals surface area contributed by atoms with Crippen LogP contribution in [-0.2, 0) is 31.6 Å². The molecule has 2 aromatic heterocycles. The Morgan fingerprint density at radius 1 is 0.985 bits per heavy atom. The highest BCUT2D eigenvalue weighted by atomic mass is 32.2. The molecule has 5 heterocycles. The zero-order valence-corrected chi connectivity index (χ0v) is 38.8.